The monoisotopic (exact) mass is 679 g/mol. The molecule has 7 rings (SSSR count). The van der Waals surface area contributed by atoms with Crippen LogP contribution in [0.3, 0.4) is 0 Å². The fraction of sp³-hybridized carbons (Fsp3) is 0.222. The summed E-state index contributed by atoms with van der Waals surface area (Å²) in [6.07, 6.45) is 2.49. The number of nitro benzene ring substituents is 1. The van der Waals surface area contributed by atoms with Gasteiger partial charge in [0, 0.05) is 43.6 Å². The Kier molecular flexibility index (Phi) is 7.99. The number of hydrogen-bond acceptors (Lipinski definition) is 10. The molecule has 2 N–H and O–H groups in total. The van der Waals surface area contributed by atoms with Crippen LogP contribution in [0.5, 0.6) is 0 Å². The molecule has 0 saturated heterocycles. The summed E-state index contributed by atoms with van der Waals surface area (Å²) in [5.41, 5.74) is 1.74. The van der Waals surface area contributed by atoms with Crippen LogP contribution in [0.15, 0.2) is 104 Å². The van der Waals surface area contributed by atoms with Crippen molar-refractivity contribution in [3.05, 3.63) is 142 Å². The van der Waals surface area contributed by atoms with Gasteiger partial charge in [0.25, 0.3) is 11.2 Å². The molecule has 49 heavy (non-hydrogen) atoms. The molecule has 0 fully saturated rings. The number of hydrogen-bond donors (Lipinski definition) is 2. The predicted octanol–water partition coefficient (Wildman–Crippen LogP) is 6.13. The zero-order valence-electron chi connectivity index (χ0n) is 26.3. The molecule has 1 aliphatic heterocycles. The lowest BCUT2D eigenvalue weighted by Crippen LogP contribution is -2.33. The second-order valence-electron chi connectivity index (χ2n) is 12.2. The molecule has 248 valence electrons. The topological polar surface area (TPSA) is 171 Å². The summed E-state index contributed by atoms with van der Waals surface area (Å²) in [5.74, 6) is -1.67. The maximum absolute atomic E-state index is 13.3. The summed E-state index contributed by atoms with van der Waals surface area (Å²) in [6, 6.07) is 18.0. The van der Waals surface area contributed by atoms with E-state index in [2.05, 4.69) is 4.98 Å². The van der Waals surface area contributed by atoms with Crippen LogP contribution in [0.25, 0.3) is 31.3 Å². The Morgan fingerprint density at radius 3 is 2.63 bits per heavy atom. The minimum Gasteiger partial charge on any atom is -0.508 e. The number of aromatic nitrogens is 2. The number of aromatic amines is 1. The van der Waals surface area contributed by atoms with Crippen LogP contribution in [0.4, 0.5) is 5.69 Å². The van der Waals surface area contributed by atoms with E-state index in [4.69, 9.17) is 9.47 Å². The lowest BCUT2D eigenvalue weighted by molar-refractivity contribution is -0.385. The highest BCUT2D eigenvalue weighted by Gasteiger charge is 2.36. The first-order chi connectivity index (χ1) is 23.5. The first-order valence-corrected chi connectivity index (χ1v) is 16.3. The van der Waals surface area contributed by atoms with E-state index in [1.54, 1.807) is 18.2 Å². The summed E-state index contributed by atoms with van der Waals surface area (Å²) in [4.78, 5) is 63.8. The van der Waals surface area contributed by atoms with Crippen molar-refractivity contribution in [3.63, 3.8) is 0 Å². The smallest absolute Gasteiger partial charge is 0.331 e. The molecule has 0 amide bonds. The molecular weight excluding hydrogens is 650 g/mol. The normalized spacial score (nSPS) is 17.6. The van der Waals surface area contributed by atoms with Crippen molar-refractivity contribution in [2.75, 3.05) is 6.61 Å². The summed E-state index contributed by atoms with van der Waals surface area (Å²) in [6.45, 7) is 3.03. The van der Waals surface area contributed by atoms with Crippen LogP contribution in [0.1, 0.15) is 43.0 Å². The van der Waals surface area contributed by atoms with Gasteiger partial charge in [-0.1, -0.05) is 36.8 Å². The van der Waals surface area contributed by atoms with E-state index < -0.39 is 34.3 Å². The molecule has 0 radical (unpaired) electrons. The standard InChI is InChI=1S/C36H29N3O9S/c1-18(11-22-14-25(22)35(43)47-17-29-28(40)15-32(48-29)38-16-19(2)34(42)37-36(38)44)24-12-20(7-9-27(24)39(45)46)21-8-10-31-26(13-21)33(41)23-5-3-4-6-30(23)49-31/h3-10,12-14,16,18,25,32,40H,11,15,17H2,1-2H3,(H,37,42,44)/t18?,25?,32-/m1/s1. The number of esters is 1. The molecule has 13 heteroatoms. The molecule has 0 saturated carbocycles. The highest BCUT2D eigenvalue weighted by atomic mass is 32.1. The zero-order chi connectivity index (χ0) is 34.6. The SMILES string of the molecule is Cc1cn([C@H]2CC(O)=C(COC(=O)C3C=C3CC(C)c3cc(-c4ccc5sc6ccccc6c(=O)c5c4)ccc3[N+](=O)[O-])O2)c(=O)[nH]c1=O. The number of ether oxygens (including phenoxy) is 2. The highest BCUT2D eigenvalue weighted by molar-refractivity contribution is 7.24. The first kappa shape index (κ1) is 31.8. The van der Waals surface area contributed by atoms with E-state index in [1.807, 2.05) is 49.4 Å². The van der Waals surface area contributed by atoms with Gasteiger partial charge in [0.2, 0.25) is 0 Å². The minimum absolute atomic E-state index is 0.00351. The quantitative estimate of drug-likeness (QED) is 0.0611. The Morgan fingerprint density at radius 2 is 1.84 bits per heavy atom. The van der Waals surface area contributed by atoms with E-state index in [0.717, 1.165) is 30.7 Å². The third-order valence-corrected chi connectivity index (χ3v) is 10.1. The summed E-state index contributed by atoms with van der Waals surface area (Å²) < 4.78 is 14.0. The fourth-order valence-electron chi connectivity index (χ4n) is 6.17. The van der Waals surface area contributed by atoms with Gasteiger partial charge in [-0.3, -0.25) is 34.0 Å². The van der Waals surface area contributed by atoms with Crippen LogP contribution in [-0.2, 0) is 14.3 Å². The summed E-state index contributed by atoms with van der Waals surface area (Å²) >= 11 is 1.53. The van der Waals surface area contributed by atoms with E-state index in [-0.39, 0.29) is 41.6 Å². The number of nitrogens with zero attached hydrogens (tertiary/aromatic N) is 2. The van der Waals surface area contributed by atoms with Gasteiger partial charge in [-0.2, -0.15) is 0 Å². The Morgan fingerprint density at radius 1 is 1.10 bits per heavy atom. The number of fused-ring (bicyclic) bond motifs is 2. The fourth-order valence-corrected chi connectivity index (χ4v) is 7.23. The van der Waals surface area contributed by atoms with Gasteiger partial charge in [-0.05, 0) is 66.8 Å². The molecule has 0 bridgehead atoms. The molecule has 2 unspecified atom stereocenters. The Bertz CT molecular complexity index is 2460. The number of aliphatic hydroxyl groups excluding tert-OH is 1. The summed E-state index contributed by atoms with van der Waals surface area (Å²) in [5, 5.41) is 23.6. The van der Waals surface area contributed by atoms with Crippen LogP contribution in [-0.4, -0.2) is 32.2 Å². The van der Waals surface area contributed by atoms with E-state index in [9.17, 15) is 34.4 Å². The van der Waals surface area contributed by atoms with Gasteiger partial charge in [-0.15, -0.1) is 11.3 Å². The number of nitrogens with one attached hydrogen (secondary N) is 1. The largest absolute Gasteiger partial charge is 0.508 e. The highest BCUT2D eigenvalue weighted by Crippen LogP contribution is 2.42. The molecule has 3 aromatic carbocycles. The average molecular weight is 680 g/mol. The number of H-pyrrole nitrogens is 1. The number of aliphatic hydroxyl groups is 1. The van der Waals surface area contributed by atoms with Gasteiger partial charge in [-0.25, -0.2) is 4.79 Å². The Balaban J connectivity index is 1.03. The number of benzene rings is 3. The molecule has 3 heterocycles. The Hall–Kier alpha value is -5.82. The molecule has 2 aliphatic rings. The van der Waals surface area contributed by atoms with Gasteiger partial charge >= 0.3 is 11.7 Å². The average Bonchev–Trinajstić information content (AvgIpc) is 3.76. The number of rotatable bonds is 9. The van der Waals surface area contributed by atoms with Crippen molar-refractivity contribution in [2.24, 2.45) is 5.92 Å². The molecular formula is C36H29N3O9S. The molecule has 2 aromatic heterocycles. The number of nitro groups is 1. The van der Waals surface area contributed by atoms with Crippen molar-refractivity contribution < 1.29 is 24.3 Å². The van der Waals surface area contributed by atoms with E-state index in [1.165, 1.54) is 30.5 Å². The second-order valence-corrected chi connectivity index (χ2v) is 13.3. The predicted molar refractivity (Wildman–Crippen MR) is 184 cm³/mol. The zero-order valence-corrected chi connectivity index (χ0v) is 27.1. The van der Waals surface area contributed by atoms with E-state index in [0.29, 0.717) is 28.3 Å². The molecule has 0 spiro atoms. The lowest BCUT2D eigenvalue weighted by atomic mass is 9.91. The Labute approximate surface area is 281 Å². The molecule has 1 aliphatic carbocycles. The number of carbonyl (C=O) groups is 1. The van der Waals surface area contributed by atoms with Crippen molar-refractivity contribution >= 4 is 43.2 Å². The van der Waals surface area contributed by atoms with Gasteiger partial charge in [0.15, 0.2) is 24.0 Å². The summed E-state index contributed by atoms with van der Waals surface area (Å²) in [7, 11) is 0. The molecule has 3 atom stereocenters. The number of aryl methyl sites for hydroxylation is 1. The van der Waals surface area contributed by atoms with Crippen LogP contribution >= 0.6 is 11.3 Å². The van der Waals surface area contributed by atoms with Crippen molar-refractivity contribution in [1.29, 1.82) is 0 Å². The van der Waals surface area contributed by atoms with Crippen LogP contribution in [0, 0.1) is 23.0 Å². The van der Waals surface area contributed by atoms with Crippen molar-refractivity contribution in [1.82, 2.24) is 9.55 Å². The number of carbonyl (C=O) groups excluding carboxylic acids is 1. The second kappa shape index (κ2) is 12.3. The maximum atomic E-state index is 13.3. The third kappa shape index (κ3) is 6.04. The molecule has 5 aromatic rings. The maximum Gasteiger partial charge on any atom is 0.331 e. The van der Waals surface area contributed by atoms with Crippen molar-refractivity contribution in [3.8, 4) is 11.1 Å². The van der Waals surface area contributed by atoms with E-state index >= 15 is 0 Å². The first-order valence-electron chi connectivity index (χ1n) is 15.5. The van der Waals surface area contributed by atoms with Crippen LogP contribution < -0.4 is 16.7 Å². The van der Waals surface area contributed by atoms with Crippen LogP contribution in [0.2, 0.25) is 0 Å². The third-order valence-electron chi connectivity index (χ3n) is 8.90. The van der Waals surface area contributed by atoms with Gasteiger partial charge in [0.05, 0.1) is 17.3 Å². The van der Waals surface area contributed by atoms with Gasteiger partial charge in [0.1, 0.15) is 5.76 Å². The van der Waals surface area contributed by atoms with Crippen molar-refractivity contribution in [2.45, 2.75) is 38.8 Å². The molecule has 12 nitrogen and oxygen atoms in total. The lowest BCUT2D eigenvalue weighted by Gasteiger charge is -2.15. The van der Waals surface area contributed by atoms with Gasteiger partial charge < -0.3 is 14.6 Å². The minimum atomic E-state index is -0.906.